The molecule has 0 aromatic carbocycles. The summed E-state index contributed by atoms with van der Waals surface area (Å²) in [5.74, 6) is -0.0646. The summed E-state index contributed by atoms with van der Waals surface area (Å²) in [5, 5.41) is 4.06. The van der Waals surface area contributed by atoms with E-state index in [2.05, 4.69) is 5.10 Å². The molecule has 1 rings (SSSR count). The number of nitrogens with zero attached hydrogens (tertiary/aromatic N) is 3. The standard InChI is InChI=1S/C11H18N4OS/c1-4-5-15(7-10(12)17)11(16)9-6-13-14(3)8(9)2/h6H,4-5,7H2,1-3H3,(H2,12,17). The monoisotopic (exact) mass is 254 g/mol. The number of rotatable bonds is 5. The van der Waals surface area contributed by atoms with Crippen molar-refractivity contribution in [2.75, 3.05) is 13.1 Å². The number of amides is 1. The van der Waals surface area contributed by atoms with Gasteiger partial charge in [0.15, 0.2) is 0 Å². The van der Waals surface area contributed by atoms with E-state index in [4.69, 9.17) is 18.0 Å². The fourth-order valence-corrected chi connectivity index (χ4v) is 1.75. The molecule has 2 N–H and O–H groups in total. The van der Waals surface area contributed by atoms with Crippen molar-refractivity contribution in [2.24, 2.45) is 12.8 Å². The smallest absolute Gasteiger partial charge is 0.257 e. The summed E-state index contributed by atoms with van der Waals surface area (Å²) in [4.78, 5) is 14.2. The molecule has 0 saturated carbocycles. The predicted molar refractivity (Wildman–Crippen MR) is 70.9 cm³/mol. The van der Waals surface area contributed by atoms with E-state index in [-0.39, 0.29) is 5.91 Å². The van der Waals surface area contributed by atoms with Crippen molar-refractivity contribution in [1.82, 2.24) is 14.7 Å². The lowest BCUT2D eigenvalue weighted by atomic mass is 10.2. The van der Waals surface area contributed by atoms with Gasteiger partial charge in [-0.05, 0) is 13.3 Å². The summed E-state index contributed by atoms with van der Waals surface area (Å²) in [6.45, 7) is 4.84. The number of aryl methyl sites for hydroxylation is 1. The molecule has 17 heavy (non-hydrogen) atoms. The van der Waals surface area contributed by atoms with Gasteiger partial charge >= 0.3 is 0 Å². The van der Waals surface area contributed by atoms with Gasteiger partial charge in [0.25, 0.3) is 5.91 Å². The second-order valence-corrected chi connectivity index (χ2v) is 4.48. The van der Waals surface area contributed by atoms with E-state index in [0.29, 0.717) is 23.6 Å². The van der Waals surface area contributed by atoms with Crippen molar-refractivity contribution in [3.63, 3.8) is 0 Å². The van der Waals surface area contributed by atoms with Gasteiger partial charge in [-0.25, -0.2) is 0 Å². The molecular formula is C11H18N4OS. The van der Waals surface area contributed by atoms with E-state index >= 15 is 0 Å². The van der Waals surface area contributed by atoms with Crippen LogP contribution in [0, 0.1) is 6.92 Å². The highest BCUT2D eigenvalue weighted by atomic mass is 32.1. The molecule has 5 nitrogen and oxygen atoms in total. The minimum atomic E-state index is -0.0646. The summed E-state index contributed by atoms with van der Waals surface area (Å²) >= 11 is 4.86. The highest BCUT2D eigenvalue weighted by Gasteiger charge is 2.19. The van der Waals surface area contributed by atoms with Gasteiger partial charge in [-0.1, -0.05) is 19.1 Å². The predicted octanol–water partition coefficient (Wildman–Crippen LogP) is 0.867. The van der Waals surface area contributed by atoms with Crippen LogP contribution < -0.4 is 5.73 Å². The summed E-state index contributed by atoms with van der Waals surface area (Å²) < 4.78 is 1.68. The van der Waals surface area contributed by atoms with Crippen LogP contribution in [-0.2, 0) is 7.05 Å². The SMILES string of the molecule is CCCN(CC(N)=S)C(=O)c1cnn(C)c1C. The van der Waals surface area contributed by atoms with E-state index in [1.165, 1.54) is 0 Å². The van der Waals surface area contributed by atoms with E-state index in [1.807, 2.05) is 20.9 Å². The number of hydrogen-bond donors (Lipinski definition) is 1. The molecule has 0 aliphatic carbocycles. The molecule has 0 spiro atoms. The molecule has 6 heteroatoms. The average molecular weight is 254 g/mol. The van der Waals surface area contributed by atoms with Crippen molar-refractivity contribution >= 4 is 23.1 Å². The van der Waals surface area contributed by atoms with Crippen molar-refractivity contribution in [3.05, 3.63) is 17.5 Å². The Labute approximate surface area is 107 Å². The first-order valence-electron chi connectivity index (χ1n) is 5.53. The van der Waals surface area contributed by atoms with Gasteiger partial charge in [0.2, 0.25) is 0 Å². The molecule has 94 valence electrons. The Morgan fingerprint density at radius 2 is 2.29 bits per heavy atom. The van der Waals surface area contributed by atoms with E-state index in [0.717, 1.165) is 12.1 Å². The van der Waals surface area contributed by atoms with Crippen LogP contribution in [0.25, 0.3) is 0 Å². The molecule has 0 radical (unpaired) electrons. The number of carbonyl (C=O) groups excluding carboxylic acids is 1. The minimum Gasteiger partial charge on any atom is -0.392 e. The van der Waals surface area contributed by atoms with Crippen LogP contribution in [0.15, 0.2) is 6.20 Å². The van der Waals surface area contributed by atoms with Crippen LogP contribution in [0.3, 0.4) is 0 Å². The first kappa shape index (κ1) is 13.6. The second-order valence-electron chi connectivity index (χ2n) is 3.96. The molecule has 0 fully saturated rings. The average Bonchev–Trinajstić information content (AvgIpc) is 2.58. The summed E-state index contributed by atoms with van der Waals surface area (Å²) in [7, 11) is 1.81. The molecule has 0 saturated heterocycles. The molecule has 0 aliphatic rings. The van der Waals surface area contributed by atoms with Crippen molar-refractivity contribution in [1.29, 1.82) is 0 Å². The van der Waals surface area contributed by atoms with E-state index in [1.54, 1.807) is 15.8 Å². The van der Waals surface area contributed by atoms with Gasteiger partial charge in [-0.3, -0.25) is 9.48 Å². The summed E-state index contributed by atoms with van der Waals surface area (Å²) in [6.07, 6.45) is 2.45. The first-order valence-corrected chi connectivity index (χ1v) is 5.94. The lowest BCUT2D eigenvalue weighted by molar-refractivity contribution is 0.0779. The topological polar surface area (TPSA) is 64.2 Å². The molecule has 0 atom stereocenters. The molecule has 0 bridgehead atoms. The Kier molecular flexibility index (Phi) is 4.62. The molecule has 1 heterocycles. The number of nitrogens with two attached hydrogens (primary N) is 1. The Hall–Kier alpha value is -1.43. The van der Waals surface area contributed by atoms with Crippen molar-refractivity contribution in [3.8, 4) is 0 Å². The third kappa shape index (κ3) is 3.26. The maximum absolute atomic E-state index is 12.3. The highest BCUT2D eigenvalue weighted by molar-refractivity contribution is 7.80. The summed E-state index contributed by atoms with van der Waals surface area (Å²) in [5.41, 5.74) is 6.95. The zero-order chi connectivity index (χ0) is 13.0. The fourth-order valence-electron chi connectivity index (χ4n) is 1.59. The molecule has 1 aromatic heterocycles. The normalized spacial score (nSPS) is 10.3. The Morgan fingerprint density at radius 3 is 2.71 bits per heavy atom. The molecular weight excluding hydrogens is 236 g/mol. The van der Waals surface area contributed by atoms with Crippen LogP contribution >= 0.6 is 12.2 Å². The fraction of sp³-hybridized carbons (Fsp3) is 0.545. The Bertz CT molecular complexity index is 427. The first-order chi connectivity index (χ1) is 7.97. The van der Waals surface area contributed by atoms with Gasteiger partial charge < -0.3 is 10.6 Å². The highest BCUT2D eigenvalue weighted by Crippen LogP contribution is 2.10. The van der Waals surface area contributed by atoms with Crippen LogP contribution in [0.4, 0.5) is 0 Å². The van der Waals surface area contributed by atoms with Crippen LogP contribution in [0.1, 0.15) is 29.4 Å². The third-order valence-corrected chi connectivity index (χ3v) is 2.72. The van der Waals surface area contributed by atoms with Crippen molar-refractivity contribution < 1.29 is 4.79 Å². The van der Waals surface area contributed by atoms with Gasteiger partial charge in [0.1, 0.15) is 0 Å². The second kappa shape index (κ2) is 5.77. The van der Waals surface area contributed by atoms with Gasteiger partial charge in [-0.2, -0.15) is 5.10 Å². The van der Waals surface area contributed by atoms with Gasteiger partial charge in [-0.15, -0.1) is 0 Å². The maximum atomic E-state index is 12.3. The lowest BCUT2D eigenvalue weighted by Gasteiger charge is -2.21. The lowest BCUT2D eigenvalue weighted by Crippen LogP contribution is -2.38. The Morgan fingerprint density at radius 1 is 1.65 bits per heavy atom. The Balaban J connectivity index is 2.91. The van der Waals surface area contributed by atoms with Crippen LogP contribution in [0.5, 0.6) is 0 Å². The quantitative estimate of drug-likeness (QED) is 0.792. The van der Waals surface area contributed by atoms with Gasteiger partial charge in [0.05, 0.1) is 23.3 Å². The zero-order valence-electron chi connectivity index (χ0n) is 10.4. The molecule has 1 amide bonds. The van der Waals surface area contributed by atoms with Crippen LogP contribution in [-0.4, -0.2) is 38.7 Å². The van der Waals surface area contributed by atoms with E-state index < -0.39 is 0 Å². The molecule has 0 unspecified atom stereocenters. The zero-order valence-corrected chi connectivity index (χ0v) is 11.3. The minimum absolute atomic E-state index is 0.0646. The third-order valence-electron chi connectivity index (χ3n) is 2.59. The van der Waals surface area contributed by atoms with Gasteiger partial charge in [0, 0.05) is 19.3 Å². The largest absolute Gasteiger partial charge is 0.392 e. The maximum Gasteiger partial charge on any atom is 0.257 e. The number of hydrogen-bond acceptors (Lipinski definition) is 3. The summed E-state index contributed by atoms with van der Waals surface area (Å²) in [6, 6.07) is 0. The molecule has 1 aromatic rings. The number of aromatic nitrogens is 2. The van der Waals surface area contributed by atoms with Crippen LogP contribution in [0.2, 0.25) is 0 Å². The van der Waals surface area contributed by atoms with Crippen molar-refractivity contribution in [2.45, 2.75) is 20.3 Å². The van der Waals surface area contributed by atoms with E-state index in [9.17, 15) is 4.79 Å². The number of thiocarbonyl (C=S) groups is 1. The number of carbonyl (C=O) groups is 1. The molecule has 0 aliphatic heterocycles.